The van der Waals surface area contributed by atoms with Crippen molar-refractivity contribution in [2.24, 2.45) is 0 Å². The van der Waals surface area contributed by atoms with E-state index >= 15 is 0 Å². The standard InChI is InChI=1S/C30H33N3O6S/c1-5-37-27(34)24-17-40-26(32-24)25-14-18(15-33(25)29(36)39-30(2,3)4)31-28(35)38-16-23-21-12-8-6-10-19(21)20-11-7-9-13-22(20)23/h6-13,17-18,23,25H,5,14-16H2,1-4H3,(H,31,35)/t18-,25-/m1/s1. The van der Waals surface area contributed by atoms with Crippen LogP contribution in [0.3, 0.4) is 0 Å². The molecule has 10 heteroatoms. The van der Waals surface area contributed by atoms with Crippen LogP contribution >= 0.6 is 11.3 Å². The molecule has 1 saturated heterocycles. The third-order valence-electron chi connectivity index (χ3n) is 6.89. The van der Waals surface area contributed by atoms with E-state index in [9.17, 15) is 14.4 Å². The van der Waals surface area contributed by atoms with E-state index in [0.29, 0.717) is 11.4 Å². The Balaban J connectivity index is 1.27. The normalized spacial score (nSPS) is 18.1. The first-order chi connectivity index (χ1) is 19.1. The number of alkyl carbamates (subject to hydrolysis) is 1. The van der Waals surface area contributed by atoms with E-state index in [-0.39, 0.29) is 37.4 Å². The topological polar surface area (TPSA) is 107 Å². The number of nitrogens with one attached hydrogen (secondary N) is 1. The first kappa shape index (κ1) is 27.6. The van der Waals surface area contributed by atoms with E-state index in [0.717, 1.165) is 22.3 Å². The molecular formula is C30H33N3O6S. The van der Waals surface area contributed by atoms with Gasteiger partial charge in [0.15, 0.2) is 5.69 Å². The zero-order valence-corrected chi connectivity index (χ0v) is 23.8. The second kappa shape index (κ2) is 11.3. The van der Waals surface area contributed by atoms with Crippen LogP contribution in [-0.4, -0.2) is 59.4 Å². The summed E-state index contributed by atoms with van der Waals surface area (Å²) in [6.45, 7) is 7.77. The van der Waals surface area contributed by atoms with Crippen LogP contribution in [0.4, 0.5) is 9.59 Å². The molecule has 0 saturated carbocycles. The summed E-state index contributed by atoms with van der Waals surface area (Å²) < 4.78 is 16.4. The lowest BCUT2D eigenvalue weighted by molar-refractivity contribution is 0.0220. The molecule has 3 aromatic rings. The van der Waals surface area contributed by atoms with Gasteiger partial charge in [0.1, 0.15) is 17.2 Å². The molecule has 1 aromatic heterocycles. The van der Waals surface area contributed by atoms with Gasteiger partial charge in [-0.15, -0.1) is 11.3 Å². The van der Waals surface area contributed by atoms with E-state index < -0.39 is 29.8 Å². The highest BCUT2D eigenvalue weighted by Crippen LogP contribution is 2.44. The molecule has 0 spiro atoms. The van der Waals surface area contributed by atoms with Crippen LogP contribution < -0.4 is 5.32 Å². The molecule has 5 rings (SSSR count). The molecule has 2 amide bonds. The molecule has 9 nitrogen and oxygen atoms in total. The number of fused-ring (bicyclic) bond motifs is 3. The molecule has 40 heavy (non-hydrogen) atoms. The van der Waals surface area contributed by atoms with Crippen molar-refractivity contribution in [2.45, 2.75) is 57.7 Å². The molecule has 0 unspecified atom stereocenters. The SMILES string of the molecule is CCOC(=O)c1csc([C@H]2C[C@@H](NC(=O)OCC3c4ccccc4-c4ccccc43)CN2C(=O)OC(C)(C)C)n1. The first-order valence-electron chi connectivity index (χ1n) is 13.4. The van der Waals surface area contributed by atoms with Gasteiger partial charge in [-0.05, 0) is 56.4 Å². The summed E-state index contributed by atoms with van der Waals surface area (Å²) in [6.07, 6.45) is -0.663. The molecule has 2 atom stereocenters. The van der Waals surface area contributed by atoms with E-state index in [1.54, 1.807) is 38.0 Å². The fourth-order valence-electron chi connectivity index (χ4n) is 5.24. The summed E-state index contributed by atoms with van der Waals surface area (Å²) in [5, 5.41) is 5.12. The second-order valence-corrected chi connectivity index (χ2v) is 11.7. The number of nitrogens with zero attached hydrogens (tertiary/aromatic N) is 2. The van der Waals surface area contributed by atoms with E-state index in [2.05, 4.69) is 34.6 Å². The maximum Gasteiger partial charge on any atom is 0.410 e. The van der Waals surface area contributed by atoms with Crippen molar-refractivity contribution in [3.05, 3.63) is 75.7 Å². The van der Waals surface area contributed by atoms with Crippen LogP contribution in [0.2, 0.25) is 0 Å². The lowest BCUT2D eigenvalue weighted by atomic mass is 9.98. The number of aromatic nitrogens is 1. The smallest absolute Gasteiger partial charge is 0.410 e. The van der Waals surface area contributed by atoms with Gasteiger partial charge in [0.05, 0.1) is 18.7 Å². The Hall–Kier alpha value is -3.92. The van der Waals surface area contributed by atoms with Gasteiger partial charge in [-0.3, -0.25) is 4.90 Å². The molecular weight excluding hydrogens is 530 g/mol. The average molecular weight is 564 g/mol. The maximum absolute atomic E-state index is 13.1. The molecule has 1 N–H and O–H groups in total. The minimum Gasteiger partial charge on any atom is -0.461 e. The Bertz CT molecular complexity index is 1370. The lowest BCUT2D eigenvalue weighted by Crippen LogP contribution is -2.41. The molecule has 2 aromatic carbocycles. The Kier molecular flexibility index (Phi) is 7.80. The number of amides is 2. The largest absolute Gasteiger partial charge is 0.461 e. The van der Waals surface area contributed by atoms with Crippen LogP contribution in [0.25, 0.3) is 11.1 Å². The van der Waals surface area contributed by atoms with Gasteiger partial charge in [-0.2, -0.15) is 0 Å². The summed E-state index contributed by atoms with van der Waals surface area (Å²) in [6, 6.07) is 15.5. The van der Waals surface area contributed by atoms with Gasteiger partial charge >= 0.3 is 18.2 Å². The summed E-state index contributed by atoms with van der Waals surface area (Å²) in [5.41, 5.74) is 4.08. The molecule has 1 aliphatic carbocycles. The number of benzene rings is 2. The first-order valence-corrected chi connectivity index (χ1v) is 14.3. The number of thiazole rings is 1. The number of ether oxygens (including phenoxy) is 3. The molecule has 1 aliphatic heterocycles. The van der Waals surface area contributed by atoms with Crippen LogP contribution in [-0.2, 0) is 14.2 Å². The van der Waals surface area contributed by atoms with Crippen LogP contribution in [0.1, 0.15) is 72.7 Å². The molecule has 2 aliphatic rings. The number of likely N-dealkylation sites (tertiary alicyclic amines) is 1. The quantitative estimate of drug-likeness (QED) is 0.294. The fraction of sp³-hybridized carbons (Fsp3) is 0.400. The third kappa shape index (κ3) is 5.82. The van der Waals surface area contributed by atoms with E-state index in [1.807, 2.05) is 24.3 Å². The minimum absolute atomic E-state index is 0.0515. The van der Waals surface area contributed by atoms with Crippen molar-refractivity contribution in [3.63, 3.8) is 0 Å². The van der Waals surface area contributed by atoms with Crippen LogP contribution in [0, 0.1) is 0 Å². The van der Waals surface area contributed by atoms with Crippen molar-refractivity contribution in [1.82, 2.24) is 15.2 Å². The number of rotatable bonds is 6. The Morgan fingerprint density at radius 2 is 1.68 bits per heavy atom. The predicted molar refractivity (Wildman–Crippen MR) is 150 cm³/mol. The number of carbonyl (C=O) groups is 3. The summed E-state index contributed by atoms with van der Waals surface area (Å²) >= 11 is 1.27. The molecule has 2 heterocycles. The Morgan fingerprint density at radius 3 is 2.30 bits per heavy atom. The summed E-state index contributed by atoms with van der Waals surface area (Å²) in [4.78, 5) is 44.2. The predicted octanol–water partition coefficient (Wildman–Crippen LogP) is 5.91. The van der Waals surface area contributed by atoms with Gasteiger partial charge in [0.25, 0.3) is 0 Å². The lowest BCUT2D eigenvalue weighted by Gasteiger charge is -2.27. The highest BCUT2D eigenvalue weighted by molar-refractivity contribution is 7.09. The van der Waals surface area contributed by atoms with Crippen LogP contribution in [0.5, 0.6) is 0 Å². The number of esters is 1. The van der Waals surface area contributed by atoms with Gasteiger partial charge < -0.3 is 19.5 Å². The van der Waals surface area contributed by atoms with Crippen molar-refractivity contribution >= 4 is 29.5 Å². The van der Waals surface area contributed by atoms with Crippen LogP contribution in [0.15, 0.2) is 53.9 Å². The fourth-order valence-corrected chi connectivity index (χ4v) is 6.16. The van der Waals surface area contributed by atoms with Gasteiger partial charge in [-0.1, -0.05) is 48.5 Å². The zero-order valence-electron chi connectivity index (χ0n) is 23.0. The molecule has 210 valence electrons. The maximum atomic E-state index is 13.1. The van der Waals surface area contributed by atoms with Crippen molar-refractivity contribution < 1.29 is 28.6 Å². The van der Waals surface area contributed by atoms with Crippen molar-refractivity contribution in [2.75, 3.05) is 19.8 Å². The number of hydrogen-bond donors (Lipinski definition) is 1. The highest BCUT2D eigenvalue weighted by atomic mass is 32.1. The van der Waals surface area contributed by atoms with Crippen molar-refractivity contribution in [1.29, 1.82) is 0 Å². The number of hydrogen-bond acceptors (Lipinski definition) is 8. The Labute approximate surface area is 237 Å². The second-order valence-electron chi connectivity index (χ2n) is 10.8. The molecule has 0 bridgehead atoms. The third-order valence-corrected chi connectivity index (χ3v) is 7.83. The molecule has 1 fully saturated rings. The molecule has 0 radical (unpaired) electrons. The van der Waals surface area contributed by atoms with E-state index in [4.69, 9.17) is 14.2 Å². The number of carbonyl (C=O) groups excluding carboxylic acids is 3. The van der Waals surface area contributed by atoms with Gasteiger partial charge in [0.2, 0.25) is 0 Å². The Morgan fingerprint density at radius 1 is 1.02 bits per heavy atom. The van der Waals surface area contributed by atoms with Gasteiger partial charge in [0, 0.05) is 17.8 Å². The van der Waals surface area contributed by atoms with Gasteiger partial charge in [-0.25, -0.2) is 19.4 Å². The monoisotopic (exact) mass is 563 g/mol. The summed E-state index contributed by atoms with van der Waals surface area (Å²) in [5.74, 6) is -0.565. The highest BCUT2D eigenvalue weighted by Gasteiger charge is 2.41. The van der Waals surface area contributed by atoms with E-state index in [1.165, 1.54) is 11.3 Å². The average Bonchev–Trinajstić information content (AvgIpc) is 3.63. The summed E-state index contributed by atoms with van der Waals surface area (Å²) in [7, 11) is 0. The zero-order chi connectivity index (χ0) is 28.4. The van der Waals surface area contributed by atoms with Crippen molar-refractivity contribution in [3.8, 4) is 11.1 Å². The minimum atomic E-state index is -0.696.